The van der Waals surface area contributed by atoms with Crippen LogP contribution in [0.15, 0.2) is 44.5 Å². The zero-order chi connectivity index (χ0) is 6.81. The summed E-state index contributed by atoms with van der Waals surface area (Å²) in [4.78, 5) is 4.77. The van der Waals surface area contributed by atoms with Gasteiger partial charge in [-0.2, -0.15) is 0 Å². The van der Waals surface area contributed by atoms with Gasteiger partial charge in [0, 0.05) is 0 Å². The molecule has 0 saturated carbocycles. The van der Waals surface area contributed by atoms with Crippen LogP contribution < -0.4 is 0 Å². The minimum atomic E-state index is -0.785. The van der Waals surface area contributed by atoms with Crippen LogP contribution in [0.4, 0.5) is 0 Å². The molecule has 0 amide bonds. The summed E-state index contributed by atoms with van der Waals surface area (Å²) >= 11 is -0.785. The van der Waals surface area contributed by atoms with Crippen molar-refractivity contribution in [1.82, 2.24) is 0 Å². The molecule has 2 heterocycles. The molecular weight excluding hydrogens is 183 g/mol. The maximum absolute atomic E-state index is 2.41. The first-order valence-electron chi connectivity index (χ1n) is 3.47. The predicted octanol–water partition coefficient (Wildman–Crippen LogP) is 2.11. The minimum absolute atomic E-state index is 0.785. The Morgan fingerprint density at radius 2 is 2.20 bits per heavy atom. The third-order valence-electron chi connectivity index (χ3n) is 1.65. The molecule has 0 nitrogen and oxygen atoms in total. The number of allylic oxidation sites excluding steroid dienone is 6. The Labute approximate surface area is 65.9 Å². The van der Waals surface area contributed by atoms with Gasteiger partial charge in [0.1, 0.15) is 0 Å². The van der Waals surface area contributed by atoms with Gasteiger partial charge < -0.3 is 0 Å². The molecule has 2 aliphatic heterocycles. The molecule has 0 aromatic heterocycles. The van der Waals surface area contributed by atoms with E-state index < -0.39 is 14.7 Å². The van der Waals surface area contributed by atoms with Crippen LogP contribution in [0, 0.1) is 0 Å². The number of hydrogen-bond donors (Lipinski definition) is 0. The van der Waals surface area contributed by atoms with E-state index in [-0.39, 0.29) is 0 Å². The Balaban J connectivity index is 2.33. The summed E-state index contributed by atoms with van der Waals surface area (Å²) in [6.45, 7) is 0. The fourth-order valence-corrected chi connectivity index (χ4v) is 4.61. The Morgan fingerprint density at radius 1 is 1.20 bits per heavy atom. The van der Waals surface area contributed by atoms with Crippen LogP contribution in [0.2, 0.25) is 0 Å². The van der Waals surface area contributed by atoms with E-state index in [1.54, 1.807) is 4.36 Å². The third-order valence-corrected chi connectivity index (χ3v) is 5.75. The number of rotatable bonds is 0. The van der Waals surface area contributed by atoms with Gasteiger partial charge in [0.15, 0.2) is 0 Å². The van der Waals surface area contributed by atoms with Crippen molar-refractivity contribution in [2.24, 2.45) is 0 Å². The summed E-state index contributed by atoms with van der Waals surface area (Å²) in [6.07, 6.45) is 12.3. The van der Waals surface area contributed by atoms with E-state index in [1.807, 2.05) is 0 Å². The Morgan fingerprint density at radius 3 is 3.10 bits per heavy atom. The molecule has 0 radical (unpaired) electrons. The normalized spacial score (nSPS) is 28.0. The summed E-state index contributed by atoms with van der Waals surface area (Å²) in [5.41, 5.74) is 0. The second-order valence-electron chi connectivity index (χ2n) is 2.36. The van der Waals surface area contributed by atoms with Gasteiger partial charge in [-0.3, -0.25) is 0 Å². The SMILES string of the molecule is C1=CC2=CCC=C[As]2C=C1. The second kappa shape index (κ2) is 2.63. The Hall–Kier alpha value is -0.482. The molecule has 0 fully saturated rings. The van der Waals surface area contributed by atoms with Crippen LogP contribution in [0.1, 0.15) is 6.42 Å². The van der Waals surface area contributed by atoms with Crippen molar-refractivity contribution in [2.75, 3.05) is 0 Å². The molecule has 0 N–H and O–H groups in total. The van der Waals surface area contributed by atoms with Gasteiger partial charge in [-0.1, -0.05) is 0 Å². The average Bonchev–Trinajstić information content (AvgIpc) is 2.05. The van der Waals surface area contributed by atoms with Crippen molar-refractivity contribution >= 4 is 14.7 Å². The third kappa shape index (κ3) is 1.04. The van der Waals surface area contributed by atoms with Gasteiger partial charge in [0.25, 0.3) is 0 Å². The van der Waals surface area contributed by atoms with Gasteiger partial charge in [-0.25, -0.2) is 0 Å². The van der Waals surface area contributed by atoms with Gasteiger partial charge >= 0.3 is 65.5 Å². The molecular formula is C9H9As. The molecule has 0 bridgehead atoms. The molecule has 1 heteroatoms. The van der Waals surface area contributed by atoms with Crippen molar-refractivity contribution in [3.05, 3.63) is 44.5 Å². The molecule has 0 aromatic carbocycles. The molecule has 0 aromatic rings. The van der Waals surface area contributed by atoms with E-state index in [1.165, 1.54) is 0 Å². The first-order chi connectivity index (χ1) is 4.97. The second-order valence-corrected chi connectivity index (χ2v) is 6.40. The van der Waals surface area contributed by atoms with E-state index in [4.69, 9.17) is 0 Å². The van der Waals surface area contributed by atoms with E-state index in [2.05, 4.69) is 40.1 Å². The fraction of sp³-hybridized carbons (Fsp3) is 0.111. The van der Waals surface area contributed by atoms with Crippen LogP contribution in [0.5, 0.6) is 0 Å². The average molecular weight is 192 g/mol. The monoisotopic (exact) mass is 192 g/mol. The topological polar surface area (TPSA) is 0 Å². The van der Waals surface area contributed by atoms with Crippen molar-refractivity contribution in [3.63, 3.8) is 0 Å². The molecule has 0 aliphatic carbocycles. The van der Waals surface area contributed by atoms with Crippen LogP contribution in [-0.2, 0) is 0 Å². The maximum atomic E-state index is 2.41. The van der Waals surface area contributed by atoms with Crippen molar-refractivity contribution in [2.45, 2.75) is 6.42 Å². The Kier molecular flexibility index (Phi) is 1.64. The van der Waals surface area contributed by atoms with E-state index in [0.29, 0.717) is 0 Å². The molecule has 1 atom stereocenters. The molecule has 2 aliphatic rings. The molecule has 10 heavy (non-hydrogen) atoms. The van der Waals surface area contributed by atoms with Crippen LogP contribution in [0.25, 0.3) is 0 Å². The van der Waals surface area contributed by atoms with Crippen molar-refractivity contribution in [1.29, 1.82) is 0 Å². The van der Waals surface area contributed by atoms with Gasteiger partial charge in [0.2, 0.25) is 0 Å². The molecule has 0 spiro atoms. The molecule has 2 rings (SSSR count). The van der Waals surface area contributed by atoms with E-state index >= 15 is 0 Å². The van der Waals surface area contributed by atoms with Crippen LogP contribution in [0.3, 0.4) is 0 Å². The quantitative estimate of drug-likeness (QED) is 0.515. The van der Waals surface area contributed by atoms with Crippen molar-refractivity contribution < 1.29 is 0 Å². The molecule has 0 saturated heterocycles. The van der Waals surface area contributed by atoms with Crippen LogP contribution >= 0.6 is 0 Å². The Bertz CT molecular complexity index is 243. The predicted molar refractivity (Wildman–Crippen MR) is 45.9 cm³/mol. The standard InChI is InChI=1S/C9H9As/c1-3-7-10-8-4-2-6-9(10)5-1/h1,3-8H,2H2. The summed E-state index contributed by atoms with van der Waals surface area (Å²) in [5, 5.41) is 0. The summed E-state index contributed by atoms with van der Waals surface area (Å²) in [7, 11) is 0. The summed E-state index contributed by atoms with van der Waals surface area (Å²) in [5.74, 6) is 0. The first kappa shape index (κ1) is 6.24. The molecule has 50 valence electrons. The van der Waals surface area contributed by atoms with Gasteiger partial charge in [-0.05, 0) is 0 Å². The van der Waals surface area contributed by atoms with Crippen molar-refractivity contribution in [3.8, 4) is 0 Å². The molecule has 1 unspecified atom stereocenters. The van der Waals surface area contributed by atoms with Crippen LogP contribution in [-0.4, -0.2) is 14.7 Å². The first-order valence-corrected chi connectivity index (χ1v) is 6.57. The fourth-order valence-electron chi connectivity index (χ4n) is 1.14. The zero-order valence-corrected chi connectivity index (χ0v) is 7.57. The van der Waals surface area contributed by atoms with E-state index in [9.17, 15) is 0 Å². The van der Waals surface area contributed by atoms with Gasteiger partial charge in [-0.15, -0.1) is 0 Å². The number of hydrogen-bond acceptors (Lipinski definition) is 0. The van der Waals surface area contributed by atoms with Gasteiger partial charge in [0.05, 0.1) is 0 Å². The zero-order valence-electron chi connectivity index (χ0n) is 5.70. The summed E-state index contributed by atoms with van der Waals surface area (Å²) < 4.78 is 1.59. The summed E-state index contributed by atoms with van der Waals surface area (Å²) in [6, 6.07) is 0. The number of fused-ring (bicyclic) bond motifs is 1. The van der Waals surface area contributed by atoms with E-state index in [0.717, 1.165) is 6.42 Å².